The number of nitrogens with one attached hydrogen (secondary N) is 1. The predicted octanol–water partition coefficient (Wildman–Crippen LogP) is 2.11. The topological polar surface area (TPSA) is 95.6 Å². The molecule has 3 aromatic rings. The van der Waals surface area contributed by atoms with Crippen LogP contribution in [0.15, 0.2) is 34.4 Å². The van der Waals surface area contributed by atoms with E-state index in [1.165, 1.54) is 0 Å². The van der Waals surface area contributed by atoms with E-state index >= 15 is 0 Å². The van der Waals surface area contributed by atoms with Gasteiger partial charge in [-0.15, -0.1) is 11.3 Å². The van der Waals surface area contributed by atoms with E-state index in [1.807, 2.05) is 23.6 Å². The molecule has 0 atom stereocenters. The van der Waals surface area contributed by atoms with E-state index in [2.05, 4.69) is 9.97 Å². The molecule has 0 unspecified atom stereocenters. The molecule has 0 spiro atoms. The molecule has 5 nitrogen and oxygen atoms in total. The van der Waals surface area contributed by atoms with Crippen molar-refractivity contribution in [3.8, 4) is 16.6 Å². The van der Waals surface area contributed by atoms with Gasteiger partial charge in [-0.1, -0.05) is 6.07 Å². The van der Waals surface area contributed by atoms with Crippen LogP contribution < -0.4 is 11.3 Å². The number of nitrogens with two attached hydrogens (primary N) is 1. The zero-order valence-corrected chi connectivity index (χ0v) is 10.5. The second-order valence-electron chi connectivity index (χ2n) is 3.92. The van der Waals surface area contributed by atoms with Gasteiger partial charge < -0.3 is 10.7 Å². The van der Waals surface area contributed by atoms with Gasteiger partial charge in [0.25, 0.3) is 5.56 Å². The Morgan fingerprint density at radius 2 is 2.21 bits per heavy atom. The summed E-state index contributed by atoms with van der Waals surface area (Å²) in [7, 11) is 0. The van der Waals surface area contributed by atoms with E-state index in [9.17, 15) is 4.79 Å². The zero-order valence-electron chi connectivity index (χ0n) is 9.68. The first-order chi connectivity index (χ1) is 9.20. The standard InChI is InChI=1S/C13H8N4OS/c14-6-8-11-7(13(18)17-12(8)15)3-4-9(16-11)10-2-1-5-19-10/h1-5H,(H3,15,17,18). The number of nitrogens with zero attached hydrogens (tertiary/aromatic N) is 2. The lowest BCUT2D eigenvalue weighted by atomic mass is 10.1. The van der Waals surface area contributed by atoms with Gasteiger partial charge in [-0.05, 0) is 23.6 Å². The van der Waals surface area contributed by atoms with Crippen molar-refractivity contribution in [2.45, 2.75) is 0 Å². The van der Waals surface area contributed by atoms with E-state index in [0.717, 1.165) is 10.6 Å². The molecule has 0 saturated heterocycles. The molecule has 0 aliphatic carbocycles. The van der Waals surface area contributed by atoms with Crippen molar-refractivity contribution in [2.24, 2.45) is 0 Å². The summed E-state index contributed by atoms with van der Waals surface area (Å²) in [6.07, 6.45) is 0. The van der Waals surface area contributed by atoms with Crippen LogP contribution in [0.4, 0.5) is 5.82 Å². The summed E-state index contributed by atoms with van der Waals surface area (Å²) in [5, 5.41) is 11.4. The van der Waals surface area contributed by atoms with Crippen LogP contribution in [0.1, 0.15) is 5.56 Å². The molecule has 92 valence electrons. The number of aromatic nitrogens is 2. The fraction of sp³-hybridized carbons (Fsp3) is 0. The second-order valence-corrected chi connectivity index (χ2v) is 4.87. The molecule has 3 heterocycles. The van der Waals surface area contributed by atoms with Gasteiger partial charge in [-0.3, -0.25) is 4.79 Å². The van der Waals surface area contributed by atoms with Gasteiger partial charge in [0.1, 0.15) is 17.5 Å². The number of nitriles is 1. The van der Waals surface area contributed by atoms with Crippen molar-refractivity contribution in [1.29, 1.82) is 5.26 Å². The normalized spacial score (nSPS) is 10.5. The number of pyridine rings is 2. The van der Waals surface area contributed by atoms with Crippen molar-refractivity contribution in [3.63, 3.8) is 0 Å². The molecule has 3 rings (SSSR count). The Morgan fingerprint density at radius 1 is 1.37 bits per heavy atom. The lowest BCUT2D eigenvalue weighted by molar-refractivity contribution is 1.25. The smallest absolute Gasteiger partial charge is 0.259 e. The highest BCUT2D eigenvalue weighted by Gasteiger charge is 2.12. The van der Waals surface area contributed by atoms with Crippen LogP contribution in [0.25, 0.3) is 21.5 Å². The van der Waals surface area contributed by atoms with Crippen LogP contribution in [-0.4, -0.2) is 9.97 Å². The minimum Gasteiger partial charge on any atom is -0.384 e. The molecular weight excluding hydrogens is 260 g/mol. The van der Waals surface area contributed by atoms with Gasteiger partial charge in [0.05, 0.1) is 21.5 Å². The van der Waals surface area contributed by atoms with Gasteiger partial charge in [-0.25, -0.2) is 4.98 Å². The maximum atomic E-state index is 11.8. The number of hydrogen-bond donors (Lipinski definition) is 2. The molecule has 0 aliphatic rings. The molecule has 0 aromatic carbocycles. The van der Waals surface area contributed by atoms with Crippen molar-refractivity contribution in [3.05, 3.63) is 45.6 Å². The molecule has 19 heavy (non-hydrogen) atoms. The van der Waals surface area contributed by atoms with Crippen LogP contribution >= 0.6 is 11.3 Å². The minimum atomic E-state index is -0.336. The van der Waals surface area contributed by atoms with Crippen LogP contribution in [0.3, 0.4) is 0 Å². The number of H-pyrrole nitrogens is 1. The molecule has 0 bridgehead atoms. The lowest BCUT2D eigenvalue weighted by Gasteiger charge is -2.04. The summed E-state index contributed by atoms with van der Waals surface area (Å²) < 4.78 is 0. The molecule has 0 aliphatic heterocycles. The summed E-state index contributed by atoms with van der Waals surface area (Å²) in [6, 6.07) is 9.26. The monoisotopic (exact) mass is 268 g/mol. The number of aromatic amines is 1. The number of fused-ring (bicyclic) bond motifs is 1. The summed E-state index contributed by atoms with van der Waals surface area (Å²) in [5.41, 5.74) is 6.58. The highest BCUT2D eigenvalue weighted by molar-refractivity contribution is 7.13. The van der Waals surface area contributed by atoms with Crippen molar-refractivity contribution < 1.29 is 0 Å². The first-order valence-electron chi connectivity index (χ1n) is 5.47. The average molecular weight is 268 g/mol. The number of thiophene rings is 1. The highest BCUT2D eigenvalue weighted by atomic mass is 32.1. The zero-order chi connectivity index (χ0) is 13.4. The molecular formula is C13H8N4OS. The van der Waals surface area contributed by atoms with Crippen LogP contribution in [-0.2, 0) is 0 Å². The third-order valence-electron chi connectivity index (χ3n) is 2.78. The SMILES string of the molecule is N#Cc1c(N)[nH]c(=O)c2ccc(-c3cccs3)nc12. The molecule has 3 N–H and O–H groups in total. The highest BCUT2D eigenvalue weighted by Crippen LogP contribution is 2.25. The quantitative estimate of drug-likeness (QED) is 0.706. The minimum absolute atomic E-state index is 0.0517. The number of anilines is 1. The van der Waals surface area contributed by atoms with Crippen LogP contribution in [0.2, 0.25) is 0 Å². The predicted molar refractivity (Wildman–Crippen MR) is 74.8 cm³/mol. The first kappa shape index (κ1) is 11.4. The van der Waals surface area contributed by atoms with E-state index in [-0.39, 0.29) is 16.9 Å². The molecule has 6 heteroatoms. The Bertz CT molecular complexity index is 859. The number of hydrogen-bond acceptors (Lipinski definition) is 5. The Hall–Kier alpha value is -2.65. The summed E-state index contributed by atoms with van der Waals surface area (Å²) in [5.74, 6) is 0.0517. The van der Waals surface area contributed by atoms with Crippen molar-refractivity contribution >= 4 is 28.1 Å². The first-order valence-corrected chi connectivity index (χ1v) is 6.35. The Kier molecular flexibility index (Phi) is 2.54. The maximum Gasteiger partial charge on any atom is 0.259 e. The van der Waals surface area contributed by atoms with E-state index in [4.69, 9.17) is 11.0 Å². The molecule has 0 fully saturated rings. The van der Waals surface area contributed by atoms with Gasteiger partial charge in [0, 0.05) is 0 Å². The fourth-order valence-corrected chi connectivity index (χ4v) is 2.58. The van der Waals surface area contributed by atoms with Crippen molar-refractivity contribution in [2.75, 3.05) is 5.73 Å². The molecule has 0 saturated carbocycles. The Labute approximate surface area is 112 Å². The number of nitrogen functional groups attached to an aromatic ring is 1. The Balaban J connectivity index is 2.40. The van der Waals surface area contributed by atoms with Gasteiger partial charge in [0.15, 0.2) is 0 Å². The van der Waals surface area contributed by atoms with Crippen LogP contribution in [0.5, 0.6) is 0 Å². The third kappa shape index (κ3) is 1.77. The van der Waals surface area contributed by atoms with E-state index < -0.39 is 0 Å². The van der Waals surface area contributed by atoms with E-state index in [0.29, 0.717) is 10.9 Å². The third-order valence-corrected chi connectivity index (χ3v) is 3.67. The second kappa shape index (κ2) is 4.23. The maximum absolute atomic E-state index is 11.8. The largest absolute Gasteiger partial charge is 0.384 e. The molecule has 0 amide bonds. The average Bonchev–Trinajstić information content (AvgIpc) is 2.92. The van der Waals surface area contributed by atoms with Gasteiger partial charge >= 0.3 is 0 Å². The molecule has 0 radical (unpaired) electrons. The fourth-order valence-electron chi connectivity index (χ4n) is 1.89. The van der Waals surface area contributed by atoms with Gasteiger partial charge in [0.2, 0.25) is 0 Å². The number of rotatable bonds is 1. The summed E-state index contributed by atoms with van der Waals surface area (Å²) in [4.78, 5) is 19.6. The van der Waals surface area contributed by atoms with Crippen molar-refractivity contribution in [1.82, 2.24) is 9.97 Å². The van der Waals surface area contributed by atoms with Gasteiger partial charge in [-0.2, -0.15) is 5.26 Å². The summed E-state index contributed by atoms with van der Waals surface area (Å²) >= 11 is 1.54. The molecule has 3 aromatic heterocycles. The summed E-state index contributed by atoms with van der Waals surface area (Å²) in [6.45, 7) is 0. The Morgan fingerprint density at radius 3 is 2.89 bits per heavy atom. The van der Waals surface area contributed by atoms with Crippen LogP contribution in [0, 0.1) is 11.3 Å². The lowest BCUT2D eigenvalue weighted by Crippen LogP contribution is -2.12. The van der Waals surface area contributed by atoms with E-state index in [1.54, 1.807) is 23.5 Å².